The number of pyridine rings is 1. The lowest BCUT2D eigenvalue weighted by Crippen LogP contribution is -2.46. The van der Waals surface area contributed by atoms with Gasteiger partial charge in [0.1, 0.15) is 11.6 Å². The van der Waals surface area contributed by atoms with Crippen molar-refractivity contribution in [3.05, 3.63) is 59.0 Å². The first kappa shape index (κ1) is 20.8. The highest BCUT2D eigenvalue weighted by molar-refractivity contribution is 5.97. The molecule has 0 unspecified atom stereocenters. The van der Waals surface area contributed by atoms with Crippen molar-refractivity contribution in [1.29, 1.82) is 0 Å². The first-order valence-corrected chi connectivity index (χ1v) is 9.82. The summed E-state index contributed by atoms with van der Waals surface area (Å²) in [5.74, 6) is -0.0930. The highest BCUT2D eigenvalue weighted by Gasteiger charge is 2.33. The van der Waals surface area contributed by atoms with E-state index in [1.807, 2.05) is 16.7 Å². The monoisotopic (exact) mass is 398 g/mol. The summed E-state index contributed by atoms with van der Waals surface area (Å²) in [6.45, 7) is 7.41. The van der Waals surface area contributed by atoms with E-state index in [4.69, 9.17) is 5.73 Å². The molecule has 1 atom stereocenters. The van der Waals surface area contributed by atoms with Gasteiger partial charge in [0.15, 0.2) is 0 Å². The van der Waals surface area contributed by atoms with Crippen LogP contribution in [0.5, 0.6) is 0 Å². The summed E-state index contributed by atoms with van der Waals surface area (Å²) in [6.07, 6.45) is 0.304. The van der Waals surface area contributed by atoms with Crippen LogP contribution in [0.2, 0.25) is 0 Å². The molecule has 1 fully saturated rings. The predicted molar refractivity (Wildman–Crippen MR) is 110 cm³/mol. The maximum absolute atomic E-state index is 13.3. The van der Waals surface area contributed by atoms with Crippen LogP contribution in [-0.2, 0) is 11.3 Å². The van der Waals surface area contributed by atoms with Crippen molar-refractivity contribution in [2.75, 3.05) is 18.0 Å². The summed E-state index contributed by atoms with van der Waals surface area (Å²) in [4.78, 5) is 33.3. The third-order valence-corrected chi connectivity index (χ3v) is 5.34. The van der Waals surface area contributed by atoms with Gasteiger partial charge in [0.25, 0.3) is 5.91 Å². The van der Waals surface area contributed by atoms with E-state index < -0.39 is 5.91 Å². The SMILES string of the molecule is Cc1ccc(C(N)=O)c(N2CCC(=O)N(Cc3ccc(F)cc3)[C@H](C(C)C)C2)n1. The molecule has 3 rings (SSSR count). The van der Waals surface area contributed by atoms with E-state index in [-0.39, 0.29) is 23.7 Å². The number of benzene rings is 1. The first-order valence-electron chi connectivity index (χ1n) is 9.82. The van der Waals surface area contributed by atoms with Crippen LogP contribution in [0.15, 0.2) is 36.4 Å². The lowest BCUT2D eigenvalue weighted by atomic mass is 10.0. The quantitative estimate of drug-likeness (QED) is 0.840. The summed E-state index contributed by atoms with van der Waals surface area (Å²) in [6, 6.07) is 9.58. The molecule has 2 N–H and O–H groups in total. The largest absolute Gasteiger partial charge is 0.365 e. The Hall–Kier alpha value is -2.96. The number of rotatable bonds is 5. The topological polar surface area (TPSA) is 79.5 Å². The molecule has 1 aliphatic rings. The smallest absolute Gasteiger partial charge is 0.252 e. The maximum atomic E-state index is 13.3. The second-order valence-electron chi connectivity index (χ2n) is 7.84. The first-order chi connectivity index (χ1) is 13.8. The standard InChI is InChI=1S/C22H27FN4O2/c1-14(2)19-13-26(22-18(21(24)29)9-4-15(3)25-22)11-10-20(28)27(19)12-16-5-7-17(23)8-6-16/h4-9,14,19H,10-13H2,1-3H3,(H2,24,29)/t19-/m0/s1. The molecule has 29 heavy (non-hydrogen) atoms. The average molecular weight is 398 g/mol. The van der Waals surface area contributed by atoms with Crippen LogP contribution in [0.25, 0.3) is 0 Å². The molecule has 2 heterocycles. The molecule has 1 aliphatic heterocycles. The number of aromatic nitrogens is 1. The summed E-state index contributed by atoms with van der Waals surface area (Å²) in [7, 11) is 0. The number of aryl methyl sites for hydroxylation is 1. The molecular weight excluding hydrogens is 371 g/mol. The minimum absolute atomic E-state index is 0.0313. The van der Waals surface area contributed by atoms with E-state index >= 15 is 0 Å². The third kappa shape index (κ3) is 4.72. The van der Waals surface area contributed by atoms with Gasteiger partial charge in [0.2, 0.25) is 5.91 Å². The number of nitrogens with zero attached hydrogens (tertiary/aromatic N) is 3. The van der Waals surface area contributed by atoms with Crippen molar-refractivity contribution in [3.8, 4) is 0 Å². The van der Waals surface area contributed by atoms with Crippen LogP contribution < -0.4 is 10.6 Å². The molecule has 0 radical (unpaired) electrons. The van der Waals surface area contributed by atoms with Crippen molar-refractivity contribution < 1.29 is 14.0 Å². The molecule has 2 amide bonds. The number of nitrogens with two attached hydrogens (primary N) is 1. The Labute approximate surface area is 170 Å². The van der Waals surface area contributed by atoms with Crippen molar-refractivity contribution in [1.82, 2.24) is 9.88 Å². The van der Waals surface area contributed by atoms with Crippen molar-refractivity contribution >= 4 is 17.6 Å². The minimum Gasteiger partial charge on any atom is -0.365 e. The van der Waals surface area contributed by atoms with E-state index in [2.05, 4.69) is 18.8 Å². The van der Waals surface area contributed by atoms with Gasteiger partial charge in [-0.1, -0.05) is 26.0 Å². The molecule has 7 heteroatoms. The average Bonchev–Trinajstić information content (AvgIpc) is 2.83. The number of primary amides is 1. The van der Waals surface area contributed by atoms with Gasteiger partial charge in [0.05, 0.1) is 11.6 Å². The van der Waals surface area contributed by atoms with Crippen LogP contribution in [0.1, 0.15) is 41.9 Å². The van der Waals surface area contributed by atoms with Gasteiger partial charge >= 0.3 is 0 Å². The van der Waals surface area contributed by atoms with Gasteiger partial charge in [-0.3, -0.25) is 9.59 Å². The van der Waals surface area contributed by atoms with E-state index in [1.165, 1.54) is 12.1 Å². The molecule has 2 aromatic rings. The van der Waals surface area contributed by atoms with Gasteiger partial charge in [-0.25, -0.2) is 9.37 Å². The number of hydrogen-bond donors (Lipinski definition) is 1. The molecule has 154 valence electrons. The van der Waals surface area contributed by atoms with Gasteiger partial charge < -0.3 is 15.5 Å². The summed E-state index contributed by atoms with van der Waals surface area (Å²) >= 11 is 0. The van der Waals surface area contributed by atoms with Crippen LogP contribution in [-0.4, -0.2) is 40.8 Å². The number of halogens is 1. The fourth-order valence-corrected chi connectivity index (χ4v) is 3.71. The number of anilines is 1. The Morgan fingerprint density at radius 2 is 1.93 bits per heavy atom. The number of carbonyl (C=O) groups excluding carboxylic acids is 2. The van der Waals surface area contributed by atoms with Crippen LogP contribution in [0.3, 0.4) is 0 Å². The molecule has 1 aromatic carbocycles. The second-order valence-corrected chi connectivity index (χ2v) is 7.84. The van der Waals surface area contributed by atoms with Crippen LogP contribution in [0, 0.1) is 18.7 Å². The fourth-order valence-electron chi connectivity index (χ4n) is 3.71. The van der Waals surface area contributed by atoms with Gasteiger partial charge in [-0.15, -0.1) is 0 Å². The minimum atomic E-state index is -0.535. The summed E-state index contributed by atoms with van der Waals surface area (Å²) < 4.78 is 13.3. The Morgan fingerprint density at radius 3 is 2.55 bits per heavy atom. The van der Waals surface area contributed by atoms with E-state index in [1.54, 1.807) is 24.3 Å². The van der Waals surface area contributed by atoms with Gasteiger partial charge in [-0.05, 0) is 42.7 Å². The second kappa shape index (κ2) is 8.59. The van der Waals surface area contributed by atoms with E-state index in [0.717, 1.165) is 11.3 Å². The zero-order chi connectivity index (χ0) is 21.1. The Balaban J connectivity index is 1.93. The number of hydrogen-bond acceptors (Lipinski definition) is 4. The Kier molecular flexibility index (Phi) is 6.15. The third-order valence-electron chi connectivity index (χ3n) is 5.34. The maximum Gasteiger partial charge on any atom is 0.252 e. The Morgan fingerprint density at radius 1 is 1.24 bits per heavy atom. The van der Waals surface area contributed by atoms with Crippen molar-refractivity contribution in [2.45, 2.75) is 39.8 Å². The van der Waals surface area contributed by atoms with E-state index in [0.29, 0.717) is 37.4 Å². The number of carbonyl (C=O) groups is 2. The van der Waals surface area contributed by atoms with Crippen molar-refractivity contribution in [3.63, 3.8) is 0 Å². The summed E-state index contributed by atoms with van der Waals surface area (Å²) in [5, 5.41) is 0. The number of amides is 2. The lowest BCUT2D eigenvalue weighted by Gasteiger charge is -2.35. The molecule has 6 nitrogen and oxygen atoms in total. The summed E-state index contributed by atoms with van der Waals surface area (Å²) in [5.41, 5.74) is 7.58. The normalized spacial score (nSPS) is 17.6. The fraction of sp³-hybridized carbons (Fsp3) is 0.409. The highest BCUT2D eigenvalue weighted by Crippen LogP contribution is 2.26. The predicted octanol–water partition coefficient (Wildman–Crippen LogP) is 2.89. The van der Waals surface area contributed by atoms with Gasteiger partial charge in [-0.2, -0.15) is 0 Å². The van der Waals surface area contributed by atoms with Crippen molar-refractivity contribution in [2.24, 2.45) is 11.7 Å². The van der Waals surface area contributed by atoms with E-state index in [9.17, 15) is 14.0 Å². The molecule has 0 aliphatic carbocycles. The van der Waals surface area contributed by atoms with Gasteiger partial charge in [0, 0.05) is 31.7 Å². The highest BCUT2D eigenvalue weighted by atomic mass is 19.1. The van der Waals surface area contributed by atoms with Crippen LogP contribution >= 0.6 is 0 Å². The van der Waals surface area contributed by atoms with Crippen LogP contribution in [0.4, 0.5) is 10.2 Å². The molecule has 1 saturated heterocycles. The zero-order valence-corrected chi connectivity index (χ0v) is 17.1. The molecule has 0 saturated carbocycles. The molecule has 0 bridgehead atoms. The Bertz CT molecular complexity index is 898. The lowest BCUT2D eigenvalue weighted by molar-refractivity contribution is -0.134. The zero-order valence-electron chi connectivity index (χ0n) is 17.1. The molecular formula is C22H27FN4O2. The molecule has 0 spiro atoms. The molecule has 1 aromatic heterocycles.